The molecule has 0 radical (unpaired) electrons. The minimum absolute atomic E-state index is 0. The topological polar surface area (TPSA) is 180 Å². The number of hydrogen-bond donors (Lipinski definition) is 2. The molecular formula is C12H12AlCl6N3O8P6Si. The van der Waals surface area contributed by atoms with Gasteiger partial charge < -0.3 is 24.3 Å². The predicted molar refractivity (Wildman–Crippen MR) is 153 cm³/mol. The molecule has 2 N–H and O–H groups in total. The first kappa shape index (κ1) is 43.5. The zero-order valence-corrected chi connectivity index (χ0v) is 29.5. The molecule has 0 fully saturated rings. The maximum atomic E-state index is 10.2. The first-order chi connectivity index (χ1) is 16.8. The smallest absolute Gasteiger partial charge is 0.772 e. The van der Waals surface area contributed by atoms with E-state index in [0.717, 1.165) is 7.92 Å². The Morgan fingerprint density at radius 1 is 0.811 bits per heavy atom. The summed E-state index contributed by atoms with van der Waals surface area (Å²) in [5, 5.41) is 1.22. The summed E-state index contributed by atoms with van der Waals surface area (Å²) in [6.07, 6.45) is 0. The molecule has 0 bridgehead atoms. The van der Waals surface area contributed by atoms with Gasteiger partial charge in [-0.05, 0) is 67.6 Å². The molecule has 11 nitrogen and oxygen atoms in total. The van der Waals surface area contributed by atoms with E-state index in [-0.39, 0.29) is 17.4 Å². The van der Waals surface area contributed by atoms with E-state index >= 15 is 0 Å². The molecule has 202 valence electrons. The van der Waals surface area contributed by atoms with Crippen molar-refractivity contribution in [3.63, 3.8) is 0 Å². The number of halogens is 6. The number of hydrogen-bond acceptors (Lipinski definition) is 11. The Labute approximate surface area is 261 Å². The molecule has 0 saturated carbocycles. The summed E-state index contributed by atoms with van der Waals surface area (Å²) in [5.74, 6) is -2.74. The van der Waals surface area contributed by atoms with Gasteiger partial charge in [-0.15, -0.1) is 7.92 Å². The maximum Gasteiger partial charge on any atom is 3.00 e. The summed E-state index contributed by atoms with van der Waals surface area (Å²) in [6.45, 7) is 0. The number of rotatable bonds is 2. The van der Waals surface area contributed by atoms with Gasteiger partial charge in [0.2, 0.25) is 13.5 Å². The Morgan fingerprint density at radius 3 is 1.41 bits per heavy atom. The summed E-state index contributed by atoms with van der Waals surface area (Å²) >= 11 is 34.3. The standard InChI is InChI=1S/C12H12O2Si.Al.Cl6N3P3.3HO2P/c13-15(14,11-7-3-1-4-8-11)12-9-5-2-6-10-12;;1-8-10(3)7-12(5,6)9(2)11(8)4;3*1-3-2/h1-10,13-14H;;;3*(H,1,2)/q;+3;;;;/p-3. The molecule has 2 aromatic rings. The predicted octanol–water partition coefficient (Wildman–Crippen LogP) is 4.77. The largest absolute Gasteiger partial charge is 3.00 e. The molecule has 0 spiro atoms. The van der Waals surface area contributed by atoms with Crippen molar-refractivity contribution in [3.8, 4) is 0 Å². The fourth-order valence-electron chi connectivity index (χ4n) is 1.87. The van der Waals surface area contributed by atoms with Gasteiger partial charge in [-0.2, -0.15) is 0 Å². The average Bonchev–Trinajstić information content (AvgIpc) is 2.84. The fourth-order valence-corrected chi connectivity index (χ4v) is 15.5. The summed E-state index contributed by atoms with van der Waals surface area (Å²) in [6, 6.07) is 18.0. The third kappa shape index (κ3) is 17.6. The molecule has 25 heteroatoms. The van der Waals surface area contributed by atoms with Crippen LogP contribution in [-0.2, 0) is 13.7 Å². The molecule has 0 saturated heterocycles. The first-order valence-corrected chi connectivity index (χ1v) is 20.6. The molecule has 2 aromatic carbocycles. The van der Waals surface area contributed by atoms with Gasteiger partial charge in [-0.1, -0.05) is 71.9 Å². The molecule has 2 atom stereocenters. The summed E-state index contributed by atoms with van der Waals surface area (Å²) in [5.41, 5.74) is 0. The SMILES string of the molecule is ClN1P(Cl)N=P(Cl)(Cl)N(Cl)P1Cl.O=P[O-].O=P[O-].O=P[O-].O[Si](O)(c1ccccc1)c1ccccc1.[Al+3]. The van der Waals surface area contributed by atoms with Gasteiger partial charge in [0.25, 0.3) is 0 Å². The van der Waals surface area contributed by atoms with E-state index in [1.165, 1.54) is 0 Å². The fraction of sp³-hybridized carbons (Fsp3) is 0. The van der Waals surface area contributed by atoms with Crippen molar-refractivity contribution in [2.45, 2.75) is 0 Å². The van der Waals surface area contributed by atoms with Crippen molar-refractivity contribution in [2.75, 3.05) is 0 Å². The average molecular weight is 780 g/mol. The molecule has 0 aromatic heterocycles. The second-order valence-electron chi connectivity index (χ2n) is 5.14. The van der Waals surface area contributed by atoms with E-state index < -0.39 is 55.7 Å². The van der Waals surface area contributed by atoms with E-state index in [0.29, 0.717) is 10.4 Å². The molecule has 1 aliphatic rings. The van der Waals surface area contributed by atoms with Gasteiger partial charge in [0.1, 0.15) is 0 Å². The minimum Gasteiger partial charge on any atom is -0.772 e. The molecule has 0 amide bonds. The van der Waals surface area contributed by atoms with Gasteiger partial charge in [0, 0.05) is 0 Å². The number of benzene rings is 2. The molecule has 1 aliphatic heterocycles. The van der Waals surface area contributed by atoms with Crippen LogP contribution in [-0.4, -0.2) is 43.4 Å². The van der Waals surface area contributed by atoms with Crippen molar-refractivity contribution >= 4 is 152 Å². The van der Waals surface area contributed by atoms with Gasteiger partial charge in [-0.3, -0.25) is 13.7 Å². The van der Waals surface area contributed by atoms with Crippen LogP contribution in [0.5, 0.6) is 0 Å². The van der Waals surface area contributed by atoms with E-state index in [9.17, 15) is 9.59 Å². The third-order valence-electron chi connectivity index (χ3n) is 3.14. The minimum atomic E-state index is -3.46. The first-order valence-electron chi connectivity index (χ1n) is 8.08. The van der Waals surface area contributed by atoms with Crippen molar-refractivity contribution in [1.82, 2.24) is 7.92 Å². The Kier molecular flexibility index (Phi) is 28.9. The zero-order valence-electron chi connectivity index (χ0n) is 17.5. The van der Waals surface area contributed by atoms with Crippen LogP contribution in [0, 0.1) is 0 Å². The molecule has 1 heterocycles. The quantitative estimate of drug-likeness (QED) is 0.245. The maximum absolute atomic E-state index is 10.2. The second kappa shape index (κ2) is 24.6. The van der Waals surface area contributed by atoms with Crippen molar-refractivity contribution in [2.24, 2.45) is 4.52 Å². The van der Waals surface area contributed by atoms with Gasteiger partial charge >= 0.3 is 25.9 Å². The summed E-state index contributed by atoms with van der Waals surface area (Å²) < 4.78 is 31.0. The van der Waals surface area contributed by atoms with Gasteiger partial charge in [0.05, 0.1) is 26.1 Å². The Balaban J connectivity index is -0.000000470. The molecule has 37 heavy (non-hydrogen) atoms. The van der Waals surface area contributed by atoms with E-state index in [2.05, 4.69) is 4.52 Å². The monoisotopic (exact) mass is 777 g/mol. The van der Waals surface area contributed by atoms with Crippen molar-refractivity contribution in [3.05, 3.63) is 60.7 Å². The van der Waals surface area contributed by atoms with Crippen LogP contribution in [0.15, 0.2) is 65.2 Å². The Hall–Kier alpha value is 2.04. The second-order valence-corrected chi connectivity index (χ2v) is 19.7. The third-order valence-corrected chi connectivity index (χ3v) is 19.2. The van der Waals surface area contributed by atoms with E-state index in [4.69, 9.17) is 96.9 Å². The Bertz CT molecular complexity index is 910. The van der Waals surface area contributed by atoms with Crippen LogP contribution in [0.3, 0.4) is 0 Å². The van der Waals surface area contributed by atoms with Crippen molar-refractivity contribution < 1.29 is 38.0 Å². The van der Waals surface area contributed by atoms with Gasteiger partial charge in [0.15, 0.2) is 7.58 Å². The van der Waals surface area contributed by atoms with Crippen LogP contribution < -0.4 is 25.1 Å². The van der Waals surface area contributed by atoms with Crippen LogP contribution in [0.2, 0.25) is 0 Å². The number of nitrogens with zero attached hydrogens (tertiary/aromatic N) is 3. The van der Waals surface area contributed by atoms with Crippen LogP contribution in [0.25, 0.3) is 0 Å². The van der Waals surface area contributed by atoms with Crippen LogP contribution in [0.4, 0.5) is 0 Å². The van der Waals surface area contributed by atoms with E-state index in [1.54, 1.807) is 24.3 Å². The molecule has 2 unspecified atom stereocenters. The van der Waals surface area contributed by atoms with Crippen LogP contribution in [0.1, 0.15) is 0 Å². The summed E-state index contributed by atoms with van der Waals surface area (Å²) in [7, 11) is -9.64. The normalized spacial score (nSPS) is 18.6. The Morgan fingerprint density at radius 2 is 1.11 bits per heavy atom. The van der Waals surface area contributed by atoms with Crippen molar-refractivity contribution in [1.29, 1.82) is 0 Å². The zero-order chi connectivity index (χ0) is 28.4. The van der Waals surface area contributed by atoms with E-state index in [1.807, 2.05) is 36.4 Å². The van der Waals surface area contributed by atoms with Gasteiger partial charge in [-0.25, -0.2) is 4.52 Å². The molecule has 0 aliphatic carbocycles. The molecular weight excluding hydrogens is 768 g/mol. The molecule has 3 rings (SSSR count). The summed E-state index contributed by atoms with van der Waals surface area (Å²) in [4.78, 5) is 45.3. The van der Waals surface area contributed by atoms with Crippen LogP contribution >= 0.6 is 116 Å².